The molecule has 0 fully saturated rings. The van der Waals surface area contributed by atoms with E-state index in [-0.39, 0.29) is 11.6 Å². The van der Waals surface area contributed by atoms with Gasteiger partial charge in [-0.15, -0.1) is 0 Å². The number of aromatic amines is 1. The number of para-hydroxylation sites is 1. The number of rotatable bonds is 2. The van der Waals surface area contributed by atoms with Crippen molar-refractivity contribution in [3.05, 3.63) is 95.1 Å². The molecule has 1 aliphatic carbocycles. The fourth-order valence-corrected chi connectivity index (χ4v) is 4.45. The maximum atomic E-state index is 13.1. The van der Waals surface area contributed by atoms with Crippen LogP contribution < -0.4 is 0 Å². The Bertz CT molecular complexity index is 1170. The number of aromatic nitrogens is 1. The van der Waals surface area contributed by atoms with Crippen LogP contribution in [0, 0.1) is 0 Å². The number of benzene rings is 3. The van der Waals surface area contributed by atoms with Gasteiger partial charge < -0.3 is 4.98 Å². The van der Waals surface area contributed by atoms with Gasteiger partial charge in [0.1, 0.15) is 0 Å². The van der Waals surface area contributed by atoms with Gasteiger partial charge in [-0.3, -0.25) is 9.59 Å². The van der Waals surface area contributed by atoms with E-state index in [2.05, 4.69) is 11.1 Å². The predicted molar refractivity (Wildman–Crippen MR) is 102 cm³/mol. The molecule has 0 aliphatic heterocycles. The van der Waals surface area contributed by atoms with Gasteiger partial charge in [-0.2, -0.15) is 0 Å². The Morgan fingerprint density at radius 3 is 2.19 bits per heavy atom. The maximum absolute atomic E-state index is 13.1. The van der Waals surface area contributed by atoms with Gasteiger partial charge in [0, 0.05) is 38.1 Å². The highest BCUT2D eigenvalue weighted by Crippen LogP contribution is 2.37. The van der Waals surface area contributed by atoms with Crippen molar-refractivity contribution in [3.63, 3.8) is 0 Å². The zero-order valence-corrected chi connectivity index (χ0v) is 14.5. The quantitative estimate of drug-likeness (QED) is 0.479. The Hall–Kier alpha value is -3.11. The highest BCUT2D eigenvalue weighted by Gasteiger charge is 2.31. The summed E-state index contributed by atoms with van der Waals surface area (Å²) in [6.45, 7) is 0. The predicted octanol–water partition coefficient (Wildman–Crippen LogP) is 5.09. The summed E-state index contributed by atoms with van der Waals surface area (Å²) in [5.41, 5.74) is 3.00. The number of nitrogens with one attached hydrogen (secondary N) is 1. The summed E-state index contributed by atoms with van der Waals surface area (Å²) in [6.07, 6.45) is 0. The van der Waals surface area contributed by atoms with Crippen LogP contribution in [-0.4, -0.2) is 16.6 Å². The normalized spacial score (nSPS) is 12.9. The summed E-state index contributed by atoms with van der Waals surface area (Å²) >= 11 is 1.48. The van der Waals surface area contributed by atoms with E-state index in [0.29, 0.717) is 22.3 Å². The maximum Gasteiger partial charge on any atom is 0.195 e. The Balaban J connectivity index is 1.64. The van der Waals surface area contributed by atoms with Crippen molar-refractivity contribution in [1.82, 2.24) is 4.98 Å². The Morgan fingerprint density at radius 1 is 0.692 bits per heavy atom. The standard InChI is InChI=1S/C22H13NO2S/c24-21-14-7-2-3-8-15(14)22(25)20-16(21)9-5-11-18(20)26-19-12-13-6-1-4-10-17(13)23-19/h1-12,23H. The lowest BCUT2D eigenvalue weighted by Crippen LogP contribution is -2.21. The molecule has 124 valence electrons. The molecule has 3 aromatic carbocycles. The molecule has 0 amide bonds. The van der Waals surface area contributed by atoms with Gasteiger partial charge in [0.25, 0.3) is 0 Å². The van der Waals surface area contributed by atoms with E-state index < -0.39 is 0 Å². The first kappa shape index (κ1) is 15.2. The van der Waals surface area contributed by atoms with Crippen LogP contribution in [0.1, 0.15) is 31.8 Å². The average Bonchev–Trinajstić information content (AvgIpc) is 3.08. The average molecular weight is 355 g/mol. The van der Waals surface area contributed by atoms with Gasteiger partial charge in [0.05, 0.1) is 5.03 Å². The first-order valence-electron chi connectivity index (χ1n) is 8.29. The fourth-order valence-electron chi connectivity index (χ4n) is 3.42. The molecule has 0 spiro atoms. The van der Waals surface area contributed by atoms with Gasteiger partial charge in [0.2, 0.25) is 0 Å². The third kappa shape index (κ3) is 2.23. The van der Waals surface area contributed by atoms with Crippen molar-refractivity contribution >= 4 is 34.2 Å². The number of ketones is 2. The fraction of sp³-hybridized carbons (Fsp3) is 0. The summed E-state index contributed by atoms with van der Waals surface area (Å²) in [4.78, 5) is 30.0. The number of hydrogen-bond donors (Lipinski definition) is 1. The second-order valence-corrected chi connectivity index (χ2v) is 7.29. The zero-order chi connectivity index (χ0) is 17.7. The molecule has 1 heterocycles. The molecule has 0 bridgehead atoms. The second kappa shape index (κ2) is 5.71. The van der Waals surface area contributed by atoms with Gasteiger partial charge in [-0.05, 0) is 18.2 Å². The first-order valence-corrected chi connectivity index (χ1v) is 9.11. The Labute approximate surface area is 154 Å². The van der Waals surface area contributed by atoms with Gasteiger partial charge in [-0.25, -0.2) is 0 Å². The van der Waals surface area contributed by atoms with E-state index >= 15 is 0 Å². The van der Waals surface area contributed by atoms with Crippen molar-refractivity contribution < 1.29 is 9.59 Å². The zero-order valence-electron chi connectivity index (χ0n) is 13.7. The minimum atomic E-state index is -0.0886. The molecule has 1 aromatic heterocycles. The topological polar surface area (TPSA) is 49.9 Å². The number of hydrogen-bond acceptors (Lipinski definition) is 3. The Kier molecular flexibility index (Phi) is 3.33. The van der Waals surface area contributed by atoms with E-state index in [4.69, 9.17) is 0 Å². The molecule has 0 saturated carbocycles. The molecule has 1 aliphatic rings. The van der Waals surface area contributed by atoms with Crippen molar-refractivity contribution in [2.24, 2.45) is 0 Å². The highest BCUT2D eigenvalue weighted by atomic mass is 32.2. The van der Waals surface area contributed by atoms with Gasteiger partial charge in [-0.1, -0.05) is 66.4 Å². The lowest BCUT2D eigenvalue weighted by atomic mass is 9.84. The molecule has 0 saturated heterocycles. The van der Waals surface area contributed by atoms with Crippen LogP contribution in [-0.2, 0) is 0 Å². The van der Waals surface area contributed by atoms with Crippen LogP contribution in [0.3, 0.4) is 0 Å². The second-order valence-electron chi connectivity index (χ2n) is 6.21. The lowest BCUT2D eigenvalue weighted by Gasteiger charge is -2.19. The minimum absolute atomic E-state index is 0.0885. The summed E-state index contributed by atoms with van der Waals surface area (Å²) in [7, 11) is 0. The lowest BCUT2D eigenvalue weighted by molar-refractivity contribution is 0.0977. The monoisotopic (exact) mass is 355 g/mol. The molecular weight excluding hydrogens is 342 g/mol. The van der Waals surface area contributed by atoms with Crippen LogP contribution in [0.4, 0.5) is 0 Å². The van der Waals surface area contributed by atoms with Crippen molar-refractivity contribution in [1.29, 1.82) is 0 Å². The number of carbonyl (C=O) groups excluding carboxylic acids is 2. The molecule has 4 aromatic rings. The molecule has 5 rings (SSSR count). The smallest absolute Gasteiger partial charge is 0.195 e. The third-order valence-corrected chi connectivity index (χ3v) is 5.64. The van der Waals surface area contributed by atoms with E-state index in [1.165, 1.54) is 11.8 Å². The van der Waals surface area contributed by atoms with Crippen LogP contribution in [0.2, 0.25) is 0 Å². The van der Waals surface area contributed by atoms with Crippen LogP contribution in [0.15, 0.2) is 82.7 Å². The summed E-state index contributed by atoms with van der Waals surface area (Å²) < 4.78 is 0. The largest absolute Gasteiger partial charge is 0.349 e. The van der Waals surface area contributed by atoms with Crippen molar-refractivity contribution in [2.45, 2.75) is 9.92 Å². The van der Waals surface area contributed by atoms with Crippen molar-refractivity contribution in [3.8, 4) is 0 Å². The molecule has 4 heteroatoms. The van der Waals surface area contributed by atoms with Crippen molar-refractivity contribution in [2.75, 3.05) is 0 Å². The molecule has 26 heavy (non-hydrogen) atoms. The van der Waals surface area contributed by atoms with E-state index in [0.717, 1.165) is 20.8 Å². The molecular formula is C22H13NO2S. The molecule has 0 unspecified atom stereocenters. The highest BCUT2D eigenvalue weighted by molar-refractivity contribution is 7.99. The van der Waals surface area contributed by atoms with E-state index in [1.54, 1.807) is 30.3 Å². The number of fused-ring (bicyclic) bond motifs is 3. The first-order chi connectivity index (χ1) is 12.7. The van der Waals surface area contributed by atoms with Gasteiger partial charge >= 0.3 is 0 Å². The van der Waals surface area contributed by atoms with Crippen LogP contribution in [0.25, 0.3) is 10.9 Å². The van der Waals surface area contributed by atoms with Gasteiger partial charge in [0.15, 0.2) is 11.6 Å². The molecule has 0 atom stereocenters. The summed E-state index contributed by atoms with van der Waals surface area (Å²) in [6, 6.07) is 22.6. The van der Waals surface area contributed by atoms with Crippen LogP contribution in [0.5, 0.6) is 0 Å². The molecule has 1 N–H and O–H groups in total. The number of H-pyrrole nitrogens is 1. The SMILES string of the molecule is O=C1c2ccccc2C(=O)c2c(Sc3cc4ccccc4[nH]3)cccc21. The minimum Gasteiger partial charge on any atom is -0.349 e. The molecule has 0 radical (unpaired) electrons. The molecule has 3 nitrogen and oxygen atoms in total. The number of carbonyl (C=O) groups is 2. The van der Waals surface area contributed by atoms with Crippen LogP contribution >= 0.6 is 11.8 Å². The third-order valence-electron chi connectivity index (χ3n) is 4.64. The van der Waals surface area contributed by atoms with E-state index in [9.17, 15) is 9.59 Å². The Morgan fingerprint density at radius 2 is 1.38 bits per heavy atom. The summed E-state index contributed by atoms with van der Waals surface area (Å²) in [5.74, 6) is -0.177. The summed E-state index contributed by atoms with van der Waals surface area (Å²) in [5, 5.41) is 2.06. The van der Waals surface area contributed by atoms with E-state index in [1.807, 2.05) is 36.4 Å².